The highest BCUT2D eigenvalue weighted by molar-refractivity contribution is 7.91. The van der Waals surface area contributed by atoms with Gasteiger partial charge in [-0.05, 0) is 44.0 Å². The van der Waals surface area contributed by atoms with Crippen molar-refractivity contribution >= 4 is 22.2 Å². The second-order valence-corrected chi connectivity index (χ2v) is 6.19. The number of sulfone groups is 1. The Kier molecular flexibility index (Phi) is 5.36. The van der Waals surface area contributed by atoms with E-state index in [-0.39, 0.29) is 18.2 Å². The number of hydrogen-bond acceptors (Lipinski definition) is 4. The summed E-state index contributed by atoms with van der Waals surface area (Å²) in [6, 6.07) is 3.13. The van der Waals surface area contributed by atoms with E-state index in [1.54, 1.807) is 12.1 Å². The van der Waals surface area contributed by atoms with Crippen LogP contribution in [-0.4, -0.2) is 32.2 Å². The molecule has 0 amide bonds. The first-order chi connectivity index (χ1) is 7.68. The highest BCUT2D eigenvalue weighted by Crippen LogP contribution is 2.19. The van der Waals surface area contributed by atoms with E-state index in [4.69, 9.17) is 0 Å². The van der Waals surface area contributed by atoms with Gasteiger partial charge in [0.2, 0.25) is 0 Å². The molecule has 0 atom stereocenters. The highest BCUT2D eigenvalue weighted by atomic mass is 35.5. The lowest BCUT2D eigenvalue weighted by molar-refractivity contribution is 0.401. The fraction of sp³-hybridized carbons (Fsp3) is 0.545. The summed E-state index contributed by atoms with van der Waals surface area (Å²) in [5.74, 6) is 0.554. The lowest BCUT2D eigenvalue weighted by atomic mass is 10.0. The van der Waals surface area contributed by atoms with Gasteiger partial charge in [-0.3, -0.25) is 4.98 Å². The number of nitrogens with zero attached hydrogens (tertiary/aromatic N) is 1. The first-order valence-corrected chi connectivity index (χ1v) is 7.17. The zero-order valence-electron chi connectivity index (χ0n) is 9.50. The molecular weight excluding hydrogens is 260 g/mol. The van der Waals surface area contributed by atoms with E-state index in [2.05, 4.69) is 10.3 Å². The quantitative estimate of drug-likeness (QED) is 0.903. The molecule has 0 aliphatic carbocycles. The molecule has 17 heavy (non-hydrogen) atoms. The number of halogens is 1. The minimum absolute atomic E-state index is 0. The Morgan fingerprint density at radius 2 is 1.82 bits per heavy atom. The van der Waals surface area contributed by atoms with Crippen LogP contribution >= 0.6 is 12.4 Å². The van der Waals surface area contributed by atoms with Crippen LogP contribution in [0.3, 0.4) is 0 Å². The first kappa shape index (κ1) is 14.4. The monoisotopic (exact) mass is 276 g/mol. The maximum absolute atomic E-state index is 12.1. The van der Waals surface area contributed by atoms with Crippen molar-refractivity contribution in [2.75, 3.05) is 18.8 Å². The van der Waals surface area contributed by atoms with Gasteiger partial charge in [-0.1, -0.05) is 0 Å². The average Bonchev–Trinajstić information content (AvgIpc) is 2.31. The van der Waals surface area contributed by atoms with Crippen LogP contribution in [0.15, 0.2) is 29.4 Å². The number of aromatic nitrogens is 1. The summed E-state index contributed by atoms with van der Waals surface area (Å²) in [7, 11) is -3.13. The van der Waals surface area contributed by atoms with Crippen LogP contribution < -0.4 is 5.32 Å². The van der Waals surface area contributed by atoms with Gasteiger partial charge in [-0.2, -0.15) is 0 Å². The Labute approximate surface area is 108 Å². The predicted octanol–water partition coefficient (Wildman–Crippen LogP) is 1.28. The molecule has 1 aliphatic heterocycles. The van der Waals surface area contributed by atoms with Crippen LogP contribution in [0.25, 0.3) is 0 Å². The van der Waals surface area contributed by atoms with Gasteiger partial charge in [-0.15, -0.1) is 12.4 Å². The zero-order chi connectivity index (χ0) is 11.4. The van der Waals surface area contributed by atoms with Gasteiger partial charge < -0.3 is 5.32 Å². The van der Waals surface area contributed by atoms with E-state index in [0.29, 0.717) is 10.8 Å². The van der Waals surface area contributed by atoms with Crippen LogP contribution in [0.2, 0.25) is 0 Å². The van der Waals surface area contributed by atoms with Crippen LogP contribution in [0.1, 0.15) is 12.8 Å². The summed E-state index contributed by atoms with van der Waals surface area (Å²) in [6.07, 6.45) is 4.94. The first-order valence-electron chi connectivity index (χ1n) is 5.52. The molecular formula is C11H17ClN2O2S. The largest absolute Gasteiger partial charge is 0.317 e. The molecule has 4 nitrogen and oxygen atoms in total. The number of rotatable bonds is 3. The zero-order valence-corrected chi connectivity index (χ0v) is 11.1. The molecule has 0 saturated carbocycles. The molecule has 0 aromatic carbocycles. The molecule has 0 unspecified atom stereocenters. The van der Waals surface area contributed by atoms with Crippen molar-refractivity contribution in [3.8, 4) is 0 Å². The summed E-state index contributed by atoms with van der Waals surface area (Å²) >= 11 is 0. The maximum Gasteiger partial charge on any atom is 0.178 e. The van der Waals surface area contributed by atoms with Crippen LogP contribution in [-0.2, 0) is 9.84 Å². The number of nitrogens with one attached hydrogen (secondary N) is 1. The van der Waals surface area contributed by atoms with Crippen molar-refractivity contribution in [1.29, 1.82) is 0 Å². The van der Waals surface area contributed by atoms with Gasteiger partial charge in [-0.25, -0.2) is 8.42 Å². The summed E-state index contributed by atoms with van der Waals surface area (Å²) in [5, 5.41) is 3.24. The molecule has 1 aromatic heterocycles. The lowest BCUT2D eigenvalue weighted by Gasteiger charge is -2.22. The summed E-state index contributed by atoms with van der Waals surface area (Å²) in [5.41, 5.74) is 0. The fourth-order valence-electron chi connectivity index (χ4n) is 2.00. The Morgan fingerprint density at radius 1 is 1.24 bits per heavy atom. The second-order valence-electron chi connectivity index (χ2n) is 4.16. The van der Waals surface area contributed by atoms with E-state index in [0.717, 1.165) is 25.9 Å². The van der Waals surface area contributed by atoms with E-state index < -0.39 is 9.84 Å². The van der Waals surface area contributed by atoms with Gasteiger partial charge >= 0.3 is 0 Å². The molecule has 6 heteroatoms. The molecule has 1 aliphatic rings. The second kappa shape index (κ2) is 6.33. The fourth-order valence-corrected chi connectivity index (χ4v) is 3.68. The number of piperidine rings is 1. The molecule has 1 fully saturated rings. The molecule has 2 rings (SSSR count). The van der Waals surface area contributed by atoms with Crippen LogP contribution in [0, 0.1) is 5.92 Å². The highest BCUT2D eigenvalue weighted by Gasteiger charge is 2.22. The van der Waals surface area contributed by atoms with Gasteiger partial charge in [0.1, 0.15) is 0 Å². The van der Waals surface area contributed by atoms with E-state index >= 15 is 0 Å². The third kappa shape index (κ3) is 3.94. The SMILES string of the molecule is Cl.O=S(=O)(CC1CCNCC1)c1ccncc1. The summed E-state index contributed by atoms with van der Waals surface area (Å²) < 4.78 is 24.1. The van der Waals surface area contributed by atoms with Gasteiger partial charge in [0.05, 0.1) is 10.6 Å². The van der Waals surface area contributed by atoms with Crippen molar-refractivity contribution in [2.45, 2.75) is 17.7 Å². The minimum Gasteiger partial charge on any atom is -0.317 e. The van der Waals surface area contributed by atoms with Gasteiger partial charge in [0, 0.05) is 12.4 Å². The third-order valence-electron chi connectivity index (χ3n) is 2.92. The number of hydrogen-bond donors (Lipinski definition) is 1. The van der Waals surface area contributed by atoms with E-state index in [1.807, 2.05) is 0 Å². The lowest BCUT2D eigenvalue weighted by Crippen LogP contribution is -2.31. The molecule has 1 saturated heterocycles. The van der Waals surface area contributed by atoms with Gasteiger partial charge in [0.15, 0.2) is 9.84 Å². The van der Waals surface area contributed by atoms with E-state index in [1.165, 1.54) is 12.4 Å². The van der Waals surface area contributed by atoms with Crippen LogP contribution in [0.5, 0.6) is 0 Å². The average molecular weight is 277 g/mol. The standard InChI is InChI=1S/C11H16N2O2S.ClH/c14-16(15,11-3-7-13-8-4-11)9-10-1-5-12-6-2-10;/h3-4,7-8,10,12H,1-2,5-6,9H2;1H. The van der Waals surface area contributed by atoms with E-state index in [9.17, 15) is 8.42 Å². The van der Waals surface area contributed by atoms with Gasteiger partial charge in [0.25, 0.3) is 0 Å². The van der Waals surface area contributed by atoms with Crippen molar-refractivity contribution in [1.82, 2.24) is 10.3 Å². The van der Waals surface area contributed by atoms with Crippen molar-refractivity contribution in [2.24, 2.45) is 5.92 Å². The van der Waals surface area contributed by atoms with Crippen LogP contribution in [0.4, 0.5) is 0 Å². The molecule has 96 valence electrons. The Hall–Kier alpha value is -0.650. The van der Waals surface area contributed by atoms with Crippen molar-refractivity contribution in [3.05, 3.63) is 24.5 Å². The topological polar surface area (TPSA) is 59.1 Å². The predicted molar refractivity (Wildman–Crippen MR) is 69.1 cm³/mol. The van der Waals surface area contributed by atoms with Crippen molar-refractivity contribution < 1.29 is 8.42 Å². The number of pyridine rings is 1. The maximum atomic E-state index is 12.1. The molecule has 2 heterocycles. The summed E-state index contributed by atoms with van der Waals surface area (Å²) in [6.45, 7) is 1.85. The Morgan fingerprint density at radius 3 is 2.41 bits per heavy atom. The molecule has 1 N–H and O–H groups in total. The minimum atomic E-state index is -3.13. The molecule has 1 aromatic rings. The smallest absolute Gasteiger partial charge is 0.178 e. The normalized spacial score (nSPS) is 17.4. The van der Waals surface area contributed by atoms with Crippen molar-refractivity contribution in [3.63, 3.8) is 0 Å². The third-order valence-corrected chi connectivity index (χ3v) is 4.82. The Bertz CT molecular complexity index is 430. The molecule has 0 radical (unpaired) electrons. The molecule has 0 bridgehead atoms. The molecule has 0 spiro atoms. The Balaban J connectivity index is 0.00000144. The summed E-state index contributed by atoms with van der Waals surface area (Å²) in [4.78, 5) is 4.22.